The average Bonchev–Trinajstić information content (AvgIpc) is 3.22. The lowest BCUT2D eigenvalue weighted by atomic mass is 10.0. The summed E-state index contributed by atoms with van der Waals surface area (Å²) in [6.45, 7) is 7.26. The second kappa shape index (κ2) is 9.94. The van der Waals surface area contributed by atoms with Crippen molar-refractivity contribution in [3.63, 3.8) is 0 Å². The van der Waals surface area contributed by atoms with Crippen molar-refractivity contribution >= 4 is 41.9 Å². The molecule has 1 fully saturated rings. The molecule has 3 rings (SSSR count). The van der Waals surface area contributed by atoms with Crippen LogP contribution in [0.4, 0.5) is 35.4 Å². The van der Waals surface area contributed by atoms with Crippen LogP contribution >= 0.6 is 0 Å². The zero-order valence-electron chi connectivity index (χ0n) is 18.4. The van der Waals surface area contributed by atoms with E-state index in [1.165, 1.54) is 11.1 Å². The van der Waals surface area contributed by atoms with Gasteiger partial charge in [0.1, 0.15) is 0 Å². The summed E-state index contributed by atoms with van der Waals surface area (Å²) in [6.07, 6.45) is -0.745. The monoisotopic (exact) mass is 463 g/mol. The van der Waals surface area contributed by atoms with Gasteiger partial charge in [-0.2, -0.15) is 4.98 Å². The van der Waals surface area contributed by atoms with E-state index in [4.69, 9.17) is 0 Å². The van der Waals surface area contributed by atoms with Gasteiger partial charge in [0.25, 0.3) is 0 Å². The summed E-state index contributed by atoms with van der Waals surface area (Å²) in [5.74, 6) is 0.827. The van der Waals surface area contributed by atoms with E-state index in [0.29, 0.717) is 23.0 Å². The van der Waals surface area contributed by atoms with Crippen LogP contribution in [0, 0.1) is 6.92 Å². The number of nitrogens with one attached hydrogen (secondary N) is 2. The van der Waals surface area contributed by atoms with Crippen molar-refractivity contribution in [2.75, 3.05) is 30.8 Å². The minimum absolute atomic E-state index is 0.111. The van der Waals surface area contributed by atoms with Crippen LogP contribution < -0.4 is 10.6 Å². The molecule has 1 aliphatic rings. The van der Waals surface area contributed by atoms with Crippen LogP contribution in [-0.4, -0.2) is 65.2 Å². The molecule has 0 saturated carbocycles. The van der Waals surface area contributed by atoms with Gasteiger partial charge < -0.3 is 15.5 Å². The third kappa shape index (κ3) is 6.25. The highest BCUT2D eigenvalue weighted by Gasteiger charge is 2.37. The lowest BCUT2D eigenvalue weighted by Crippen LogP contribution is -2.35. The number of alkyl halides is 3. The van der Waals surface area contributed by atoms with E-state index in [2.05, 4.69) is 42.0 Å². The van der Waals surface area contributed by atoms with E-state index in [1.807, 2.05) is 19.9 Å². The third-order valence-electron chi connectivity index (χ3n) is 5.04. The van der Waals surface area contributed by atoms with Crippen LogP contribution in [-0.2, 0) is 4.74 Å². The van der Waals surface area contributed by atoms with Gasteiger partial charge in [-0.15, -0.1) is 13.2 Å². The van der Waals surface area contributed by atoms with Crippen molar-refractivity contribution in [2.24, 2.45) is 4.99 Å². The van der Waals surface area contributed by atoms with Crippen LogP contribution in [0.25, 0.3) is 11.6 Å². The summed E-state index contributed by atoms with van der Waals surface area (Å²) in [5.41, 5.74) is 3.38. The van der Waals surface area contributed by atoms with Crippen molar-refractivity contribution in [2.45, 2.75) is 32.7 Å². The maximum atomic E-state index is 12.5. The summed E-state index contributed by atoms with van der Waals surface area (Å²) < 4.78 is 41.2. The lowest BCUT2D eigenvalue weighted by molar-refractivity contribution is -0.340. The van der Waals surface area contributed by atoms with Gasteiger partial charge in [0.2, 0.25) is 5.95 Å². The lowest BCUT2D eigenvalue weighted by Gasteiger charge is -2.18. The fourth-order valence-corrected chi connectivity index (χ4v) is 3.44. The fourth-order valence-electron chi connectivity index (χ4n) is 3.44. The second-order valence-electron chi connectivity index (χ2n) is 7.42. The number of aromatic nitrogens is 3. The normalized spacial score (nSPS) is 16.6. The van der Waals surface area contributed by atoms with Crippen LogP contribution in [0.3, 0.4) is 0 Å². The van der Waals surface area contributed by atoms with Crippen LogP contribution in [0.1, 0.15) is 30.2 Å². The molecule has 176 valence electrons. The first-order valence-corrected chi connectivity index (χ1v) is 10.1. The van der Waals surface area contributed by atoms with Gasteiger partial charge in [-0.05, 0) is 44.7 Å². The first kappa shape index (κ1) is 24.1. The molecule has 0 aliphatic carbocycles. The number of allylic oxidation sites excluding steroid dienone is 1. The molecule has 0 radical (unpaired) electrons. The smallest absolute Gasteiger partial charge is 0.357 e. The number of nitrogens with zero attached hydrogens (tertiary/aromatic N) is 5. The number of anilines is 2. The topological polar surface area (TPSA) is 105 Å². The number of ether oxygens (including phenoxy) is 1. The zero-order chi connectivity index (χ0) is 24.2. The van der Waals surface area contributed by atoms with Gasteiger partial charge >= 0.3 is 12.4 Å². The molecule has 1 atom stereocenters. The third-order valence-corrected chi connectivity index (χ3v) is 5.04. The van der Waals surface area contributed by atoms with Crippen molar-refractivity contribution in [3.8, 4) is 0 Å². The number of urea groups is 1. The summed E-state index contributed by atoms with van der Waals surface area (Å²) in [4.78, 5) is 30.5. The SMILES string of the molecule is C=Nc1nc(NC)ncc1/C=C(\C)c1cc(NC(=O)N2CC[C@H](OC(F)(F)F)C2)cnc1C. The average molecular weight is 463 g/mol. The molecule has 2 N–H and O–H groups in total. The highest BCUT2D eigenvalue weighted by molar-refractivity contribution is 5.91. The van der Waals surface area contributed by atoms with Gasteiger partial charge in [0, 0.05) is 43.2 Å². The maximum absolute atomic E-state index is 12.5. The Bertz CT molecular complexity index is 1070. The standard InChI is InChI=1S/C21H24F3N7O2/c1-12(7-14-9-28-19(26-4)30-18(14)25-3)17-8-15(10-27-13(17)2)29-20(32)31-6-5-16(11-31)33-21(22,23)24/h7-10,16H,3,5-6,11H2,1-2,4H3,(H,29,32)(H,26,28,30)/b12-7+/t16-/m0/s1. The van der Waals surface area contributed by atoms with Gasteiger partial charge in [-0.3, -0.25) is 9.72 Å². The maximum Gasteiger partial charge on any atom is 0.522 e. The van der Waals surface area contributed by atoms with Crippen LogP contribution in [0.15, 0.2) is 23.5 Å². The van der Waals surface area contributed by atoms with E-state index in [-0.39, 0.29) is 19.5 Å². The van der Waals surface area contributed by atoms with Gasteiger partial charge in [0.15, 0.2) is 5.82 Å². The number of hydrogen-bond donors (Lipinski definition) is 2. The Morgan fingerprint density at radius 2 is 2.12 bits per heavy atom. The van der Waals surface area contributed by atoms with Crippen LogP contribution in [0.2, 0.25) is 0 Å². The molecule has 33 heavy (non-hydrogen) atoms. The Labute approximate surface area is 188 Å². The Balaban J connectivity index is 1.75. The Morgan fingerprint density at radius 1 is 1.36 bits per heavy atom. The van der Waals surface area contributed by atoms with E-state index < -0.39 is 18.5 Å². The molecular formula is C21H24F3N7O2. The number of hydrogen-bond acceptors (Lipinski definition) is 7. The first-order valence-electron chi connectivity index (χ1n) is 10.1. The van der Waals surface area contributed by atoms with Gasteiger partial charge in [-0.25, -0.2) is 14.8 Å². The minimum atomic E-state index is -4.73. The minimum Gasteiger partial charge on any atom is -0.357 e. The Kier molecular flexibility index (Phi) is 7.26. The number of rotatable bonds is 6. The fraction of sp³-hybridized carbons (Fsp3) is 0.381. The van der Waals surface area contributed by atoms with Gasteiger partial charge in [0.05, 0.1) is 18.0 Å². The summed E-state index contributed by atoms with van der Waals surface area (Å²) in [6, 6.07) is 1.23. The van der Waals surface area contributed by atoms with E-state index >= 15 is 0 Å². The molecule has 2 amide bonds. The number of carbonyl (C=O) groups is 1. The first-order chi connectivity index (χ1) is 15.6. The molecule has 0 aromatic carbocycles. The molecule has 1 saturated heterocycles. The van der Waals surface area contributed by atoms with E-state index in [9.17, 15) is 18.0 Å². The molecule has 0 spiro atoms. The van der Waals surface area contributed by atoms with Crippen molar-refractivity contribution in [1.82, 2.24) is 19.9 Å². The number of likely N-dealkylation sites (tertiary alicyclic amines) is 1. The summed E-state index contributed by atoms with van der Waals surface area (Å²) in [5, 5.41) is 5.53. The van der Waals surface area contributed by atoms with E-state index in [0.717, 1.165) is 16.8 Å². The Morgan fingerprint density at radius 3 is 2.79 bits per heavy atom. The zero-order valence-corrected chi connectivity index (χ0v) is 18.4. The quantitative estimate of drug-likeness (QED) is 0.621. The van der Waals surface area contributed by atoms with Crippen LogP contribution in [0.5, 0.6) is 0 Å². The van der Waals surface area contributed by atoms with Gasteiger partial charge in [-0.1, -0.05) is 0 Å². The number of aliphatic imine (C=N–C) groups is 1. The molecule has 0 bridgehead atoms. The second-order valence-corrected chi connectivity index (χ2v) is 7.42. The predicted octanol–water partition coefficient (Wildman–Crippen LogP) is 4.26. The highest BCUT2D eigenvalue weighted by Crippen LogP contribution is 2.27. The number of amides is 2. The van der Waals surface area contributed by atoms with Crippen molar-refractivity contribution in [1.29, 1.82) is 0 Å². The molecule has 1 aliphatic heterocycles. The molecule has 0 unspecified atom stereocenters. The molecule has 3 heterocycles. The molecule has 12 heteroatoms. The molecule has 2 aromatic rings. The Hall–Kier alpha value is -3.54. The highest BCUT2D eigenvalue weighted by atomic mass is 19.4. The molecule has 9 nitrogen and oxygen atoms in total. The molecular weight excluding hydrogens is 439 g/mol. The molecule has 2 aromatic heterocycles. The van der Waals surface area contributed by atoms with Crippen molar-refractivity contribution in [3.05, 3.63) is 35.3 Å². The van der Waals surface area contributed by atoms with E-state index in [1.54, 1.807) is 19.3 Å². The number of aryl methyl sites for hydroxylation is 1. The summed E-state index contributed by atoms with van der Waals surface area (Å²) >= 11 is 0. The number of carbonyl (C=O) groups excluding carboxylic acids is 1. The number of pyridine rings is 1. The van der Waals surface area contributed by atoms with Crippen molar-refractivity contribution < 1.29 is 22.7 Å². The largest absolute Gasteiger partial charge is 0.522 e. The predicted molar refractivity (Wildman–Crippen MR) is 119 cm³/mol. The number of halogens is 3. The summed E-state index contributed by atoms with van der Waals surface area (Å²) in [7, 11) is 1.70.